The van der Waals surface area contributed by atoms with E-state index in [9.17, 15) is 0 Å². The molecule has 0 atom stereocenters. The zero-order valence-corrected chi connectivity index (χ0v) is 23.7. The van der Waals surface area contributed by atoms with Crippen LogP contribution in [0.15, 0.2) is 109 Å². The van der Waals surface area contributed by atoms with E-state index < -0.39 is 0 Å². The van der Waals surface area contributed by atoms with Gasteiger partial charge in [-0.25, -0.2) is 4.57 Å². The Morgan fingerprint density at radius 2 is 0.923 bits per heavy atom. The van der Waals surface area contributed by atoms with Crippen molar-refractivity contribution in [2.24, 2.45) is 0 Å². The maximum absolute atomic E-state index is 2.32. The zero-order chi connectivity index (χ0) is 27.0. The fraction of sp³-hybridized carbons (Fsp3) is 0.324. The van der Waals surface area contributed by atoms with Crippen LogP contribution >= 0.6 is 0 Å². The molecule has 0 N–H and O–H groups in total. The number of aromatic nitrogens is 1. The van der Waals surface area contributed by atoms with Crippen molar-refractivity contribution in [2.75, 3.05) is 4.90 Å². The maximum Gasteiger partial charge on any atom is 0.169 e. The second kappa shape index (κ2) is 16.3. The van der Waals surface area contributed by atoms with Gasteiger partial charge in [-0.05, 0) is 53.9 Å². The van der Waals surface area contributed by atoms with E-state index in [1.54, 1.807) is 0 Å². The van der Waals surface area contributed by atoms with Gasteiger partial charge in [-0.15, -0.1) is 0 Å². The molecule has 0 bridgehead atoms. The van der Waals surface area contributed by atoms with Gasteiger partial charge < -0.3 is 4.90 Å². The summed E-state index contributed by atoms with van der Waals surface area (Å²) in [4.78, 5) is 2.29. The van der Waals surface area contributed by atoms with Crippen molar-refractivity contribution in [1.29, 1.82) is 0 Å². The maximum atomic E-state index is 2.32. The first-order valence-electron chi connectivity index (χ1n) is 15.0. The summed E-state index contributed by atoms with van der Waals surface area (Å²) >= 11 is 0. The molecule has 202 valence electrons. The molecular formula is C37H45N2+. The summed E-state index contributed by atoms with van der Waals surface area (Å²) in [5, 5.41) is 0. The average Bonchev–Trinajstić information content (AvgIpc) is 2.99. The predicted molar refractivity (Wildman–Crippen MR) is 169 cm³/mol. The number of pyridine rings is 1. The molecule has 0 saturated carbocycles. The first kappa shape index (κ1) is 28.4. The standard InChI is InChI=1S/C37H45N2/c1-2-3-4-5-6-7-8-9-10-17-30-38-31-28-34(29-32-38)23-22-33-24-26-37(27-25-33)39(35-18-13-11-14-19-35)36-20-15-12-16-21-36/h11-16,18-29,31-32H,2-10,17,30H2,1H3/q+1. The third-order valence-electron chi connectivity index (χ3n) is 7.34. The summed E-state index contributed by atoms with van der Waals surface area (Å²) in [5.41, 5.74) is 5.89. The second-order valence-electron chi connectivity index (χ2n) is 10.5. The lowest BCUT2D eigenvalue weighted by Crippen LogP contribution is -2.32. The van der Waals surface area contributed by atoms with Crippen molar-refractivity contribution in [3.63, 3.8) is 0 Å². The van der Waals surface area contributed by atoms with Gasteiger partial charge in [0.2, 0.25) is 0 Å². The summed E-state index contributed by atoms with van der Waals surface area (Å²) in [5.74, 6) is 0. The number of hydrogen-bond acceptors (Lipinski definition) is 1. The van der Waals surface area contributed by atoms with Gasteiger partial charge in [-0.1, -0.05) is 119 Å². The van der Waals surface area contributed by atoms with Crippen molar-refractivity contribution in [2.45, 2.75) is 77.7 Å². The van der Waals surface area contributed by atoms with E-state index in [4.69, 9.17) is 0 Å². The van der Waals surface area contributed by atoms with Crippen LogP contribution in [-0.2, 0) is 6.54 Å². The number of unbranched alkanes of at least 4 members (excludes halogenated alkanes) is 9. The van der Waals surface area contributed by atoms with E-state index in [1.165, 1.54) is 75.3 Å². The van der Waals surface area contributed by atoms with Crippen molar-refractivity contribution in [3.8, 4) is 0 Å². The van der Waals surface area contributed by atoms with E-state index in [2.05, 4.69) is 138 Å². The monoisotopic (exact) mass is 517 g/mol. The van der Waals surface area contributed by atoms with Gasteiger partial charge in [0.25, 0.3) is 0 Å². The molecule has 0 fully saturated rings. The fourth-order valence-electron chi connectivity index (χ4n) is 5.04. The molecule has 0 aliphatic rings. The summed E-state index contributed by atoms with van der Waals surface area (Å²) in [7, 11) is 0. The lowest BCUT2D eigenvalue weighted by molar-refractivity contribution is -0.697. The number of aryl methyl sites for hydroxylation is 1. The Morgan fingerprint density at radius 3 is 1.44 bits per heavy atom. The Hall–Kier alpha value is -3.65. The van der Waals surface area contributed by atoms with Crippen molar-refractivity contribution >= 4 is 29.2 Å². The summed E-state index contributed by atoms with van der Waals surface area (Å²) < 4.78 is 2.32. The van der Waals surface area contributed by atoms with E-state index in [-0.39, 0.29) is 0 Å². The SMILES string of the molecule is CCCCCCCCCCCC[n+]1ccc(/C=C/c2ccc(N(c3ccccc3)c3ccccc3)cc2)cc1. The van der Waals surface area contributed by atoms with E-state index in [0.717, 1.165) is 23.6 Å². The van der Waals surface area contributed by atoms with Crippen LogP contribution in [0.2, 0.25) is 0 Å². The number of anilines is 3. The van der Waals surface area contributed by atoms with Crippen LogP contribution < -0.4 is 9.47 Å². The zero-order valence-electron chi connectivity index (χ0n) is 23.7. The van der Waals surface area contributed by atoms with Crippen LogP contribution in [0, 0.1) is 0 Å². The number of para-hydroxylation sites is 2. The Balaban J connectivity index is 1.25. The molecule has 0 unspecified atom stereocenters. The van der Waals surface area contributed by atoms with Gasteiger partial charge in [-0.3, -0.25) is 0 Å². The molecule has 0 spiro atoms. The molecule has 4 rings (SSSR count). The molecule has 4 aromatic rings. The van der Waals surface area contributed by atoms with Crippen LogP contribution in [0.3, 0.4) is 0 Å². The van der Waals surface area contributed by atoms with Crippen LogP contribution in [0.4, 0.5) is 17.1 Å². The minimum Gasteiger partial charge on any atom is -0.311 e. The number of benzene rings is 3. The third kappa shape index (κ3) is 9.55. The normalized spacial score (nSPS) is 11.2. The average molecular weight is 518 g/mol. The number of rotatable bonds is 16. The molecule has 39 heavy (non-hydrogen) atoms. The molecule has 0 amide bonds. The lowest BCUT2D eigenvalue weighted by atomic mass is 10.1. The van der Waals surface area contributed by atoms with Crippen molar-refractivity contribution in [3.05, 3.63) is 121 Å². The third-order valence-corrected chi connectivity index (χ3v) is 7.34. The van der Waals surface area contributed by atoms with Gasteiger partial charge in [0, 0.05) is 35.6 Å². The summed E-state index contributed by atoms with van der Waals surface area (Å²) in [6.45, 7) is 3.40. The highest BCUT2D eigenvalue weighted by Gasteiger charge is 2.11. The molecular weight excluding hydrogens is 472 g/mol. The Bertz CT molecular complexity index is 1170. The van der Waals surface area contributed by atoms with Crippen molar-refractivity contribution < 1.29 is 4.57 Å². The minimum absolute atomic E-state index is 1.11. The molecule has 2 heteroatoms. The minimum atomic E-state index is 1.11. The molecule has 1 aromatic heterocycles. The second-order valence-corrected chi connectivity index (χ2v) is 10.5. The molecule has 0 saturated heterocycles. The number of nitrogens with zero attached hydrogens (tertiary/aromatic N) is 2. The highest BCUT2D eigenvalue weighted by atomic mass is 15.1. The fourth-order valence-corrected chi connectivity index (χ4v) is 5.04. The quantitative estimate of drug-likeness (QED) is 0.106. The highest BCUT2D eigenvalue weighted by Crippen LogP contribution is 2.34. The van der Waals surface area contributed by atoms with Gasteiger partial charge in [0.15, 0.2) is 12.4 Å². The van der Waals surface area contributed by atoms with E-state index in [0.29, 0.717) is 0 Å². The van der Waals surface area contributed by atoms with E-state index >= 15 is 0 Å². The van der Waals surface area contributed by atoms with Crippen molar-refractivity contribution in [1.82, 2.24) is 0 Å². The lowest BCUT2D eigenvalue weighted by Gasteiger charge is -2.25. The summed E-state index contributed by atoms with van der Waals surface area (Å²) in [6.07, 6.45) is 22.7. The Morgan fingerprint density at radius 1 is 0.487 bits per heavy atom. The molecule has 2 nitrogen and oxygen atoms in total. The van der Waals surface area contributed by atoms with Gasteiger partial charge in [0.05, 0.1) is 0 Å². The van der Waals surface area contributed by atoms with E-state index in [1.807, 2.05) is 0 Å². The predicted octanol–water partition coefficient (Wildman–Crippen LogP) is 10.5. The number of hydrogen-bond donors (Lipinski definition) is 0. The van der Waals surface area contributed by atoms with Crippen LogP contribution in [0.5, 0.6) is 0 Å². The first-order chi connectivity index (χ1) is 19.3. The molecule has 0 aliphatic carbocycles. The largest absolute Gasteiger partial charge is 0.311 e. The van der Waals surface area contributed by atoms with Crippen LogP contribution in [-0.4, -0.2) is 0 Å². The summed E-state index contributed by atoms with van der Waals surface area (Å²) in [6, 6.07) is 34.3. The smallest absolute Gasteiger partial charge is 0.169 e. The van der Waals surface area contributed by atoms with Gasteiger partial charge in [-0.2, -0.15) is 0 Å². The molecule has 0 radical (unpaired) electrons. The van der Waals surface area contributed by atoms with Gasteiger partial charge in [0.1, 0.15) is 6.54 Å². The highest BCUT2D eigenvalue weighted by molar-refractivity contribution is 5.77. The van der Waals surface area contributed by atoms with Gasteiger partial charge >= 0.3 is 0 Å². The Kier molecular flexibility index (Phi) is 11.9. The molecule has 0 aliphatic heterocycles. The molecule has 1 heterocycles. The Labute approximate surface area is 236 Å². The first-order valence-corrected chi connectivity index (χ1v) is 15.0. The van der Waals surface area contributed by atoms with Crippen LogP contribution in [0.25, 0.3) is 12.2 Å². The molecule has 3 aromatic carbocycles. The topological polar surface area (TPSA) is 7.12 Å². The van der Waals surface area contributed by atoms with Crippen LogP contribution in [0.1, 0.15) is 82.3 Å².